The molecule has 0 aliphatic carbocycles. The first-order valence-corrected chi connectivity index (χ1v) is 11.3. The molecule has 4 heteroatoms. The summed E-state index contributed by atoms with van der Waals surface area (Å²) < 4.78 is 0. The van der Waals surface area contributed by atoms with Crippen molar-refractivity contribution in [3.63, 3.8) is 0 Å². The number of aromatic nitrogens is 2. The van der Waals surface area contributed by atoms with Crippen molar-refractivity contribution < 1.29 is 21.1 Å². The quantitative estimate of drug-likeness (QED) is 0.177. The van der Waals surface area contributed by atoms with Crippen LogP contribution < -0.4 is 0 Å². The standard InChI is InChI=1S/C29H29N2S.Pt/c1-28(2,3)21-12-8-11-20(19-21)23-14-9-15-24(30-23)25-16-10-18-27(31-25)29(4,5)22-13-6-7-17-26(22)32;/h6-10,12-19,32H,1-5H3;/q-1;+2/p-1. The van der Waals surface area contributed by atoms with Crippen molar-refractivity contribution in [2.45, 2.75) is 50.3 Å². The molecule has 0 saturated heterocycles. The van der Waals surface area contributed by atoms with Crippen LogP contribution in [0.15, 0.2) is 83.8 Å². The van der Waals surface area contributed by atoms with Crippen molar-refractivity contribution in [1.82, 2.24) is 9.97 Å². The van der Waals surface area contributed by atoms with Crippen molar-refractivity contribution in [1.29, 1.82) is 0 Å². The molecular weight excluding hydrogens is 603 g/mol. The minimum absolute atomic E-state index is 0. The molecule has 170 valence electrons. The predicted octanol–water partition coefficient (Wildman–Crippen LogP) is 7.14. The van der Waals surface area contributed by atoms with E-state index in [2.05, 4.69) is 65.0 Å². The van der Waals surface area contributed by atoms with Crippen LogP contribution in [0.4, 0.5) is 0 Å². The van der Waals surface area contributed by atoms with Crippen molar-refractivity contribution in [2.75, 3.05) is 0 Å². The molecule has 4 aromatic rings. The molecule has 4 rings (SSSR count). The first kappa shape index (κ1) is 25.3. The van der Waals surface area contributed by atoms with Crippen molar-refractivity contribution in [2.24, 2.45) is 0 Å². The second-order valence-electron chi connectivity index (χ2n) is 9.68. The fourth-order valence-electron chi connectivity index (χ4n) is 3.85. The van der Waals surface area contributed by atoms with Crippen molar-refractivity contribution in [3.05, 3.63) is 102 Å². The molecule has 0 fully saturated rings. The molecule has 0 N–H and O–H groups in total. The molecule has 0 amide bonds. The number of benzene rings is 2. The van der Waals surface area contributed by atoms with Crippen molar-refractivity contribution in [3.8, 4) is 22.6 Å². The molecule has 2 nitrogen and oxygen atoms in total. The fourth-order valence-corrected chi connectivity index (χ4v) is 4.26. The maximum atomic E-state index is 5.59. The zero-order valence-electron chi connectivity index (χ0n) is 19.6. The second kappa shape index (κ2) is 9.87. The normalized spacial score (nSPS) is 11.7. The zero-order valence-corrected chi connectivity index (χ0v) is 22.7. The summed E-state index contributed by atoms with van der Waals surface area (Å²) in [7, 11) is 0. The Morgan fingerprint density at radius 1 is 0.727 bits per heavy atom. The largest absolute Gasteiger partial charge is 2.00 e. The van der Waals surface area contributed by atoms with E-state index in [1.807, 2.05) is 54.6 Å². The monoisotopic (exact) mass is 631 g/mol. The summed E-state index contributed by atoms with van der Waals surface area (Å²) in [5.74, 6) is 0. The Labute approximate surface area is 217 Å². The van der Waals surface area contributed by atoms with Crippen LogP contribution in [0, 0.1) is 6.07 Å². The Kier molecular flexibility index (Phi) is 7.56. The number of hydrogen-bond donors (Lipinski definition) is 0. The van der Waals surface area contributed by atoms with Crippen LogP contribution in [-0.4, -0.2) is 9.97 Å². The third-order valence-corrected chi connectivity index (χ3v) is 6.26. The summed E-state index contributed by atoms with van der Waals surface area (Å²) >= 11 is 5.59. The average molecular weight is 632 g/mol. The van der Waals surface area contributed by atoms with E-state index in [9.17, 15) is 0 Å². The van der Waals surface area contributed by atoms with Gasteiger partial charge in [-0.2, -0.15) is 4.90 Å². The van der Waals surface area contributed by atoms with Gasteiger partial charge in [-0.1, -0.05) is 82.6 Å². The molecule has 2 aromatic carbocycles. The summed E-state index contributed by atoms with van der Waals surface area (Å²) in [5.41, 5.74) is 6.71. The van der Waals surface area contributed by atoms with Crippen molar-refractivity contribution >= 4 is 12.6 Å². The molecule has 0 spiro atoms. The molecule has 0 bridgehead atoms. The van der Waals surface area contributed by atoms with E-state index in [4.69, 9.17) is 22.6 Å². The maximum Gasteiger partial charge on any atom is 2.00 e. The molecule has 0 aliphatic heterocycles. The van der Waals surface area contributed by atoms with E-state index in [0.29, 0.717) is 0 Å². The molecule has 0 saturated carbocycles. The number of hydrogen-bond acceptors (Lipinski definition) is 3. The summed E-state index contributed by atoms with van der Waals surface area (Å²) in [6.45, 7) is 11.0. The predicted molar refractivity (Wildman–Crippen MR) is 135 cm³/mol. The van der Waals surface area contributed by atoms with Gasteiger partial charge in [-0.3, -0.25) is 9.97 Å². The van der Waals surface area contributed by atoms with E-state index in [1.54, 1.807) is 0 Å². The topological polar surface area (TPSA) is 25.8 Å². The third-order valence-electron chi connectivity index (χ3n) is 5.90. The molecule has 33 heavy (non-hydrogen) atoms. The minimum atomic E-state index is -0.305. The number of nitrogens with zero attached hydrogens (tertiary/aromatic N) is 2. The van der Waals surface area contributed by atoms with Crippen LogP contribution in [0.25, 0.3) is 22.6 Å². The molecular formula is C29H28N2PtS. The summed E-state index contributed by atoms with van der Waals surface area (Å²) in [4.78, 5) is 10.8. The van der Waals surface area contributed by atoms with Gasteiger partial charge in [-0.15, -0.1) is 35.4 Å². The van der Waals surface area contributed by atoms with Crippen LogP contribution in [0.5, 0.6) is 0 Å². The second-order valence-corrected chi connectivity index (χ2v) is 10.1. The van der Waals surface area contributed by atoms with Gasteiger partial charge < -0.3 is 12.6 Å². The number of rotatable bonds is 4. The Morgan fingerprint density at radius 3 is 2.06 bits per heavy atom. The van der Waals surface area contributed by atoms with E-state index in [-0.39, 0.29) is 31.9 Å². The Bertz CT molecular complexity index is 1260. The first-order valence-electron chi connectivity index (χ1n) is 10.9. The zero-order chi connectivity index (χ0) is 22.9. The minimum Gasteiger partial charge on any atom is -0.779 e. The summed E-state index contributed by atoms with van der Waals surface area (Å²) in [6, 6.07) is 29.9. The van der Waals surface area contributed by atoms with E-state index in [0.717, 1.165) is 38.8 Å². The van der Waals surface area contributed by atoms with E-state index < -0.39 is 0 Å². The Balaban J connectivity index is 0.00000306. The molecule has 2 heterocycles. The number of pyridine rings is 2. The van der Waals surface area contributed by atoms with Crippen LogP contribution >= 0.6 is 0 Å². The van der Waals surface area contributed by atoms with E-state index >= 15 is 0 Å². The van der Waals surface area contributed by atoms with Gasteiger partial charge in [0.15, 0.2) is 0 Å². The fraction of sp³-hybridized carbons (Fsp3) is 0.241. The summed E-state index contributed by atoms with van der Waals surface area (Å²) in [6.07, 6.45) is 0. The van der Waals surface area contributed by atoms with Crippen LogP contribution in [0.2, 0.25) is 0 Å². The molecule has 0 radical (unpaired) electrons. The van der Waals surface area contributed by atoms with Gasteiger partial charge in [0.2, 0.25) is 0 Å². The van der Waals surface area contributed by atoms with Crippen LogP contribution in [-0.2, 0) is 44.5 Å². The third kappa shape index (κ3) is 5.42. The van der Waals surface area contributed by atoms with E-state index in [1.165, 1.54) is 5.56 Å². The molecule has 0 atom stereocenters. The van der Waals surface area contributed by atoms with Gasteiger partial charge >= 0.3 is 21.1 Å². The van der Waals surface area contributed by atoms with Gasteiger partial charge in [-0.05, 0) is 29.3 Å². The Morgan fingerprint density at radius 2 is 1.36 bits per heavy atom. The molecule has 0 aliphatic rings. The Hall–Kier alpha value is -2.35. The summed E-state index contributed by atoms with van der Waals surface area (Å²) in [5, 5.41) is 0. The maximum absolute atomic E-state index is 5.59. The van der Waals surface area contributed by atoms with Gasteiger partial charge in [0.25, 0.3) is 0 Å². The first-order chi connectivity index (χ1) is 15.2. The average Bonchev–Trinajstić information content (AvgIpc) is 2.79. The van der Waals surface area contributed by atoms with Gasteiger partial charge in [0, 0.05) is 5.41 Å². The molecule has 0 unspecified atom stereocenters. The smallest absolute Gasteiger partial charge is 0.779 e. The molecule has 2 aromatic heterocycles. The van der Waals surface area contributed by atoms with Gasteiger partial charge in [0.05, 0.1) is 17.1 Å². The van der Waals surface area contributed by atoms with Crippen LogP contribution in [0.3, 0.4) is 0 Å². The van der Waals surface area contributed by atoms with Gasteiger partial charge in [0.1, 0.15) is 0 Å². The SMILES string of the molecule is CC(C)(C)c1cc[c-]c(-c2cccc(-c3cccc(C(C)(C)c4ccccc4[S-])n3)n2)c1.[Pt+2]. The van der Waals surface area contributed by atoms with Crippen LogP contribution in [0.1, 0.15) is 51.4 Å². The van der Waals surface area contributed by atoms with Gasteiger partial charge in [-0.25, -0.2) is 0 Å².